The molecule has 0 heterocycles. The van der Waals surface area contributed by atoms with E-state index in [0.717, 1.165) is 5.56 Å². The van der Waals surface area contributed by atoms with Gasteiger partial charge in [-0.25, -0.2) is 4.39 Å². The van der Waals surface area contributed by atoms with Crippen molar-refractivity contribution in [2.75, 3.05) is 5.32 Å². The molecule has 0 fully saturated rings. The Balaban J connectivity index is 1.86. The fourth-order valence-electron chi connectivity index (χ4n) is 1.59. The number of nitrogens with one attached hydrogen (secondary N) is 2. The SMILES string of the molecule is O=C(/C=C/c1ccccc1)NC(=S)Nc1ccc(F)cc1. The van der Waals surface area contributed by atoms with Crippen LogP contribution in [0.25, 0.3) is 6.08 Å². The number of carbonyl (C=O) groups excluding carboxylic acids is 1. The summed E-state index contributed by atoms with van der Waals surface area (Å²) in [4.78, 5) is 11.7. The predicted octanol–water partition coefficient (Wildman–Crippen LogP) is 3.35. The van der Waals surface area contributed by atoms with Gasteiger partial charge in [-0.2, -0.15) is 0 Å². The number of anilines is 1. The van der Waals surface area contributed by atoms with Crippen LogP contribution in [0, 0.1) is 5.82 Å². The van der Waals surface area contributed by atoms with Gasteiger partial charge < -0.3 is 5.32 Å². The monoisotopic (exact) mass is 300 g/mol. The highest BCUT2D eigenvalue weighted by atomic mass is 32.1. The lowest BCUT2D eigenvalue weighted by molar-refractivity contribution is -0.115. The summed E-state index contributed by atoms with van der Waals surface area (Å²) < 4.78 is 12.8. The van der Waals surface area contributed by atoms with Crippen LogP contribution < -0.4 is 10.6 Å². The number of carbonyl (C=O) groups is 1. The van der Waals surface area contributed by atoms with Gasteiger partial charge in [0.1, 0.15) is 5.82 Å². The Bertz CT molecular complexity index is 654. The van der Waals surface area contributed by atoms with Gasteiger partial charge in [-0.1, -0.05) is 30.3 Å². The van der Waals surface area contributed by atoms with E-state index in [1.54, 1.807) is 6.08 Å². The van der Waals surface area contributed by atoms with Gasteiger partial charge in [0, 0.05) is 11.8 Å². The molecule has 5 heteroatoms. The Morgan fingerprint density at radius 1 is 1.05 bits per heavy atom. The number of benzene rings is 2. The molecule has 0 saturated carbocycles. The van der Waals surface area contributed by atoms with E-state index >= 15 is 0 Å². The number of halogens is 1. The summed E-state index contributed by atoms with van der Waals surface area (Å²) >= 11 is 5.01. The van der Waals surface area contributed by atoms with E-state index in [1.165, 1.54) is 30.3 Å². The molecule has 2 rings (SSSR count). The largest absolute Gasteiger partial charge is 0.332 e. The summed E-state index contributed by atoms with van der Waals surface area (Å²) in [5, 5.41) is 5.47. The number of thiocarbonyl (C=S) groups is 1. The van der Waals surface area contributed by atoms with Crippen molar-refractivity contribution in [1.82, 2.24) is 5.32 Å². The van der Waals surface area contributed by atoms with E-state index in [9.17, 15) is 9.18 Å². The van der Waals surface area contributed by atoms with Crippen LogP contribution in [0.5, 0.6) is 0 Å². The average Bonchev–Trinajstić information content (AvgIpc) is 2.48. The second-order valence-electron chi connectivity index (χ2n) is 4.19. The number of amides is 1. The van der Waals surface area contributed by atoms with Gasteiger partial charge in [-0.3, -0.25) is 10.1 Å². The van der Waals surface area contributed by atoms with Gasteiger partial charge in [0.25, 0.3) is 0 Å². The third-order valence-corrected chi connectivity index (χ3v) is 2.77. The molecule has 2 N–H and O–H groups in total. The van der Waals surface area contributed by atoms with Crippen LogP contribution in [0.3, 0.4) is 0 Å². The number of rotatable bonds is 3. The third-order valence-electron chi connectivity index (χ3n) is 2.57. The molecule has 21 heavy (non-hydrogen) atoms. The molecule has 0 saturated heterocycles. The first-order valence-electron chi connectivity index (χ1n) is 6.24. The van der Waals surface area contributed by atoms with Crippen molar-refractivity contribution >= 4 is 35.0 Å². The van der Waals surface area contributed by atoms with E-state index in [0.29, 0.717) is 5.69 Å². The zero-order chi connectivity index (χ0) is 15.1. The molecule has 1 amide bonds. The summed E-state index contributed by atoms with van der Waals surface area (Å²) in [5.74, 6) is -0.667. The van der Waals surface area contributed by atoms with E-state index in [-0.39, 0.29) is 16.8 Å². The molecule has 106 valence electrons. The van der Waals surface area contributed by atoms with Crippen molar-refractivity contribution in [1.29, 1.82) is 0 Å². The standard InChI is InChI=1S/C16H13FN2OS/c17-13-7-9-14(10-8-13)18-16(21)19-15(20)11-6-12-4-2-1-3-5-12/h1-11H,(H2,18,19,20,21)/b11-6+. The maximum atomic E-state index is 12.8. The first kappa shape index (κ1) is 14.9. The van der Waals surface area contributed by atoms with Gasteiger partial charge >= 0.3 is 0 Å². The van der Waals surface area contributed by atoms with Crippen LogP contribution in [-0.4, -0.2) is 11.0 Å². The van der Waals surface area contributed by atoms with Crippen LogP contribution in [0.15, 0.2) is 60.7 Å². The molecule has 0 aliphatic carbocycles. The highest BCUT2D eigenvalue weighted by Crippen LogP contribution is 2.07. The molecule has 2 aromatic rings. The zero-order valence-corrected chi connectivity index (χ0v) is 11.9. The molecule has 0 aliphatic heterocycles. The van der Waals surface area contributed by atoms with Crippen molar-refractivity contribution in [3.8, 4) is 0 Å². The normalized spacial score (nSPS) is 10.3. The molecule has 0 bridgehead atoms. The Hall–Kier alpha value is -2.53. The van der Waals surface area contributed by atoms with Crippen molar-refractivity contribution in [2.45, 2.75) is 0 Å². The zero-order valence-electron chi connectivity index (χ0n) is 11.0. The van der Waals surface area contributed by atoms with Gasteiger partial charge in [0.05, 0.1) is 0 Å². The van der Waals surface area contributed by atoms with Crippen molar-refractivity contribution in [2.24, 2.45) is 0 Å². The summed E-state index contributed by atoms with van der Waals surface area (Å²) in [7, 11) is 0. The topological polar surface area (TPSA) is 41.1 Å². The third kappa shape index (κ3) is 5.16. The van der Waals surface area contributed by atoms with Crippen LogP contribution in [-0.2, 0) is 4.79 Å². The molecule has 0 unspecified atom stereocenters. The second-order valence-corrected chi connectivity index (χ2v) is 4.60. The lowest BCUT2D eigenvalue weighted by atomic mass is 10.2. The minimum atomic E-state index is -0.335. The molecular formula is C16H13FN2OS. The van der Waals surface area contributed by atoms with Crippen LogP contribution in [0.4, 0.5) is 10.1 Å². The van der Waals surface area contributed by atoms with E-state index < -0.39 is 0 Å². The Kier molecular flexibility index (Phi) is 5.17. The van der Waals surface area contributed by atoms with Crippen LogP contribution >= 0.6 is 12.2 Å². The Morgan fingerprint density at radius 3 is 2.38 bits per heavy atom. The lowest BCUT2D eigenvalue weighted by Gasteiger charge is -2.07. The number of hydrogen-bond donors (Lipinski definition) is 2. The van der Waals surface area contributed by atoms with E-state index in [4.69, 9.17) is 12.2 Å². The maximum absolute atomic E-state index is 12.8. The number of hydrogen-bond acceptors (Lipinski definition) is 2. The average molecular weight is 300 g/mol. The molecule has 0 radical (unpaired) electrons. The van der Waals surface area contributed by atoms with Crippen molar-refractivity contribution in [3.63, 3.8) is 0 Å². The minimum Gasteiger partial charge on any atom is -0.332 e. The quantitative estimate of drug-likeness (QED) is 0.674. The van der Waals surface area contributed by atoms with E-state index in [1.807, 2.05) is 30.3 Å². The maximum Gasteiger partial charge on any atom is 0.250 e. The lowest BCUT2D eigenvalue weighted by Crippen LogP contribution is -2.32. The summed E-state index contributed by atoms with van der Waals surface area (Å²) in [6.45, 7) is 0. The summed E-state index contributed by atoms with van der Waals surface area (Å²) in [6.07, 6.45) is 3.09. The van der Waals surface area contributed by atoms with Crippen LogP contribution in [0.2, 0.25) is 0 Å². The van der Waals surface area contributed by atoms with Gasteiger partial charge in [0.2, 0.25) is 5.91 Å². The van der Waals surface area contributed by atoms with Crippen molar-refractivity contribution < 1.29 is 9.18 Å². The van der Waals surface area contributed by atoms with Crippen LogP contribution in [0.1, 0.15) is 5.56 Å². The van der Waals surface area contributed by atoms with Gasteiger partial charge in [-0.05, 0) is 48.1 Å². The summed E-state index contributed by atoms with van der Waals surface area (Å²) in [5.41, 5.74) is 1.53. The van der Waals surface area contributed by atoms with Crippen molar-refractivity contribution in [3.05, 3.63) is 72.1 Å². The molecule has 3 nitrogen and oxygen atoms in total. The highest BCUT2D eigenvalue weighted by molar-refractivity contribution is 7.80. The van der Waals surface area contributed by atoms with E-state index in [2.05, 4.69) is 10.6 Å². The summed E-state index contributed by atoms with van der Waals surface area (Å²) in [6, 6.07) is 15.1. The highest BCUT2D eigenvalue weighted by Gasteiger charge is 2.01. The molecule has 2 aromatic carbocycles. The minimum absolute atomic E-state index is 0.157. The molecular weight excluding hydrogens is 287 g/mol. The molecule has 0 aromatic heterocycles. The fraction of sp³-hybridized carbons (Fsp3) is 0. The Labute approximate surface area is 127 Å². The smallest absolute Gasteiger partial charge is 0.250 e. The second kappa shape index (κ2) is 7.31. The Morgan fingerprint density at radius 2 is 1.71 bits per heavy atom. The first-order chi connectivity index (χ1) is 10.1. The predicted molar refractivity (Wildman–Crippen MR) is 86.2 cm³/mol. The molecule has 0 spiro atoms. The molecule has 0 atom stereocenters. The molecule has 0 aliphatic rings. The van der Waals surface area contributed by atoms with Gasteiger partial charge in [0.15, 0.2) is 5.11 Å². The first-order valence-corrected chi connectivity index (χ1v) is 6.65. The fourth-order valence-corrected chi connectivity index (χ4v) is 1.80. The van der Waals surface area contributed by atoms with Gasteiger partial charge in [-0.15, -0.1) is 0 Å².